The Kier molecular flexibility index (Phi) is 4.92. The second-order valence-electron chi connectivity index (χ2n) is 6.66. The van der Waals surface area contributed by atoms with Gasteiger partial charge in [0.15, 0.2) is 0 Å². The highest BCUT2D eigenvalue weighted by Gasteiger charge is 2.41. The van der Waals surface area contributed by atoms with Crippen LogP contribution in [0.15, 0.2) is 24.4 Å². The number of aromatic amines is 1. The average Bonchev–Trinajstić information content (AvgIpc) is 2.94. The van der Waals surface area contributed by atoms with Gasteiger partial charge in [-0.1, -0.05) is 0 Å². The fraction of sp³-hybridized carbons (Fsp3) is 0.500. The van der Waals surface area contributed by atoms with Gasteiger partial charge in [-0.25, -0.2) is 0 Å². The quantitative estimate of drug-likeness (QED) is 0.823. The third-order valence-corrected chi connectivity index (χ3v) is 4.76. The normalized spacial score (nSPS) is 21.3. The highest BCUT2D eigenvalue weighted by Crippen LogP contribution is 2.39. The molecule has 1 amide bonds. The zero-order valence-electron chi connectivity index (χ0n) is 14.0. The van der Waals surface area contributed by atoms with Crippen LogP contribution >= 0.6 is 0 Å². The van der Waals surface area contributed by atoms with Crippen LogP contribution in [0.5, 0.6) is 5.75 Å². The Balaban J connectivity index is 1.59. The van der Waals surface area contributed by atoms with E-state index in [0.29, 0.717) is 30.9 Å². The lowest BCUT2D eigenvalue weighted by Gasteiger charge is -2.29. The van der Waals surface area contributed by atoms with E-state index >= 15 is 0 Å². The van der Waals surface area contributed by atoms with Gasteiger partial charge in [0.2, 0.25) is 5.91 Å². The molecule has 0 radical (unpaired) electrons. The first kappa shape index (κ1) is 17.6. The van der Waals surface area contributed by atoms with Gasteiger partial charge in [0.1, 0.15) is 5.75 Å². The molecule has 1 aromatic carbocycles. The molecule has 0 unspecified atom stereocenters. The molecule has 0 bridgehead atoms. The van der Waals surface area contributed by atoms with E-state index in [4.69, 9.17) is 4.74 Å². The van der Waals surface area contributed by atoms with Gasteiger partial charge in [0.05, 0.1) is 18.2 Å². The molecule has 0 aliphatic heterocycles. The number of benzene rings is 1. The summed E-state index contributed by atoms with van der Waals surface area (Å²) in [4.78, 5) is 14.3. The monoisotopic (exact) mass is 354 g/mol. The topological polar surface area (TPSA) is 54.1 Å². The number of ether oxygens (including phenoxy) is 1. The minimum absolute atomic E-state index is 0.148. The molecule has 0 saturated heterocycles. The third-order valence-electron chi connectivity index (χ3n) is 4.76. The van der Waals surface area contributed by atoms with Gasteiger partial charge < -0.3 is 15.0 Å². The Bertz CT molecular complexity index is 746. The van der Waals surface area contributed by atoms with Crippen LogP contribution in [0.4, 0.5) is 18.9 Å². The first-order valence-electron chi connectivity index (χ1n) is 8.41. The standard InChI is InChI=1S/C18H21F3N2O2/c1-11(24)23-17-9-22-16-7-6-14(8-15(16)17)25-10-12-2-4-13(5-3-12)18(19,20)21/h6-9,12-13,22H,2-5,10H2,1H3,(H,23,24). The second-order valence-corrected chi connectivity index (χ2v) is 6.66. The van der Waals surface area contributed by atoms with Crippen molar-refractivity contribution < 1.29 is 22.7 Å². The minimum Gasteiger partial charge on any atom is -0.493 e. The number of hydrogen-bond acceptors (Lipinski definition) is 2. The fourth-order valence-electron chi connectivity index (χ4n) is 3.35. The molecule has 7 heteroatoms. The van der Waals surface area contributed by atoms with Gasteiger partial charge >= 0.3 is 6.18 Å². The van der Waals surface area contributed by atoms with Crippen LogP contribution in [0.25, 0.3) is 10.9 Å². The minimum atomic E-state index is -4.08. The number of hydrogen-bond donors (Lipinski definition) is 2. The van der Waals surface area contributed by atoms with E-state index in [2.05, 4.69) is 10.3 Å². The molecule has 1 saturated carbocycles. The molecule has 1 fully saturated rings. The van der Waals surface area contributed by atoms with Crippen molar-refractivity contribution in [2.24, 2.45) is 11.8 Å². The largest absolute Gasteiger partial charge is 0.493 e. The summed E-state index contributed by atoms with van der Waals surface area (Å²) in [7, 11) is 0. The van der Waals surface area contributed by atoms with E-state index in [1.807, 2.05) is 18.2 Å². The Morgan fingerprint density at radius 2 is 2.00 bits per heavy atom. The number of anilines is 1. The summed E-state index contributed by atoms with van der Waals surface area (Å²) in [6.45, 7) is 1.85. The Labute approximate surface area is 143 Å². The van der Waals surface area contributed by atoms with Gasteiger partial charge in [0, 0.05) is 24.0 Å². The molecular formula is C18H21F3N2O2. The van der Waals surface area contributed by atoms with E-state index < -0.39 is 12.1 Å². The van der Waals surface area contributed by atoms with E-state index in [0.717, 1.165) is 10.9 Å². The SMILES string of the molecule is CC(=O)Nc1c[nH]c2ccc(OCC3CCC(C(F)(F)F)CC3)cc12. The van der Waals surface area contributed by atoms with E-state index in [1.165, 1.54) is 6.92 Å². The van der Waals surface area contributed by atoms with Gasteiger partial charge in [0.25, 0.3) is 0 Å². The molecular weight excluding hydrogens is 333 g/mol. The molecule has 1 aromatic heterocycles. The number of carbonyl (C=O) groups excluding carboxylic acids is 1. The average molecular weight is 354 g/mol. The molecule has 0 atom stereocenters. The maximum atomic E-state index is 12.7. The van der Waals surface area contributed by atoms with Crippen LogP contribution in [-0.4, -0.2) is 23.7 Å². The molecule has 3 rings (SSSR count). The number of alkyl halides is 3. The zero-order chi connectivity index (χ0) is 18.0. The Morgan fingerprint density at radius 3 is 2.64 bits per heavy atom. The summed E-state index contributed by atoms with van der Waals surface area (Å²) >= 11 is 0. The molecule has 2 N–H and O–H groups in total. The van der Waals surface area contributed by atoms with Gasteiger partial charge in [-0.15, -0.1) is 0 Å². The Hall–Kier alpha value is -2.18. The number of rotatable bonds is 4. The number of aromatic nitrogens is 1. The summed E-state index contributed by atoms with van der Waals surface area (Å²) in [5.41, 5.74) is 1.56. The summed E-state index contributed by atoms with van der Waals surface area (Å²) in [6, 6.07) is 5.51. The molecule has 1 heterocycles. The number of H-pyrrole nitrogens is 1. The molecule has 0 spiro atoms. The highest BCUT2D eigenvalue weighted by atomic mass is 19.4. The number of halogens is 3. The molecule has 1 aliphatic rings. The maximum Gasteiger partial charge on any atom is 0.391 e. The van der Waals surface area contributed by atoms with Crippen LogP contribution in [0, 0.1) is 11.8 Å². The van der Waals surface area contributed by atoms with Crippen LogP contribution in [0.3, 0.4) is 0 Å². The van der Waals surface area contributed by atoms with Crippen molar-refractivity contribution in [2.75, 3.05) is 11.9 Å². The number of fused-ring (bicyclic) bond motifs is 1. The lowest BCUT2D eigenvalue weighted by molar-refractivity contribution is -0.184. The summed E-state index contributed by atoms with van der Waals surface area (Å²) in [5.74, 6) is -0.527. The summed E-state index contributed by atoms with van der Waals surface area (Å²) < 4.78 is 43.9. The van der Waals surface area contributed by atoms with Crippen molar-refractivity contribution in [1.82, 2.24) is 4.98 Å². The number of amides is 1. The van der Waals surface area contributed by atoms with Crippen molar-refractivity contribution in [1.29, 1.82) is 0 Å². The predicted molar refractivity (Wildman–Crippen MR) is 89.6 cm³/mol. The van der Waals surface area contributed by atoms with Gasteiger partial charge in [-0.3, -0.25) is 4.79 Å². The van der Waals surface area contributed by atoms with E-state index in [1.54, 1.807) is 6.20 Å². The first-order valence-corrected chi connectivity index (χ1v) is 8.41. The van der Waals surface area contributed by atoms with Gasteiger partial charge in [-0.2, -0.15) is 13.2 Å². The first-order chi connectivity index (χ1) is 11.8. The molecule has 1 aliphatic carbocycles. The van der Waals surface area contributed by atoms with Crippen molar-refractivity contribution >= 4 is 22.5 Å². The molecule has 136 valence electrons. The number of carbonyl (C=O) groups is 1. The van der Waals surface area contributed by atoms with Crippen molar-refractivity contribution in [3.8, 4) is 5.75 Å². The Morgan fingerprint density at radius 1 is 1.28 bits per heavy atom. The van der Waals surface area contributed by atoms with E-state index in [-0.39, 0.29) is 24.7 Å². The molecule has 2 aromatic rings. The van der Waals surface area contributed by atoms with Crippen molar-refractivity contribution in [2.45, 2.75) is 38.8 Å². The highest BCUT2D eigenvalue weighted by molar-refractivity contribution is 6.01. The van der Waals surface area contributed by atoms with Crippen LogP contribution in [-0.2, 0) is 4.79 Å². The lowest BCUT2D eigenvalue weighted by Crippen LogP contribution is -2.29. The van der Waals surface area contributed by atoms with Crippen molar-refractivity contribution in [3.05, 3.63) is 24.4 Å². The van der Waals surface area contributed by atoms with Crippen LogP contribution in [0.1, 0.15) is 32.6 Å². The summed E-state index contributed by atoms with van der Waals surface area (Å²) in [6.07, 6.45) is -0.928. The van der Waals surface area contributed by atoms with Gasteiger partial charge in [-0.05, 0) is 49.8 Å². The second kappa shape index (κ2) is 6.98. The lowest BCUT2D eigenvalue weighted by atomic mass is 9.82. The third kappa shape index (κ3) is 4.27. The molecule has 4 nitrogen and oxygen atoms in total. The number of nitrogens with one attached hydrogen (secondary N) is 2. The fourth-order valence-corrected chi connectivity index (χ4v) is 3.35. The van der Waals surface area contributed by atoms with Crippen LogP contribution in [0.2, 0.25) is 0 Å². The van der Waals surface area contributed by atoms with Crippen LogP contribution < -0.4 is 10.1 Å². The summed E-state index contributed by atoms with van der Waals surface area (Å²) in [5, 5.41) is 3.59. The maximum absolute atomic E-state index is 12.7. The van der Waals surface area contributed by atoms with Crippen molar-refractivity contribution in [3.63, 3.8) is 0 Å². The van der Waals surface area contributed by atoms with E-state index in [9.17, 15) is 18.0 Å². The zero-order valence-corrected chi connectivity index (χ0v) is 14.0. The predicted octanol–water partition coefficient (Wildman–Crippen LogP) is 4.87. The smallest absolute Gasteiger partial charge is 0.391 e. The molecule has 25 heavy (non-hydrogen) atoms.